The molecule has 0 unspecified atom stereocenters. The zero-order valence-corrected chi connectivity index (χ0v) is 9.23. The van der Waals surface area contributed by atoms with Gasteiger partial charge in [-0.3, -0.25) is 0 Å². The van der Waals surface area contributed by atoms with E-state index in [-0.39, 0.29) is 6.10 Å². The lowest BCUT2D eigenvalue weighted by molar-refractivity contribution is 0.0377. The lowest BCUT2D eigenvalue weighted by atomic mass is 9.97. The van der Waals surface area contributed by atoms with E-state index in [1.807, 2.05) is 12.1 Å². The van der Waals surface area contributed by atoms with Gasteiger partial charge in [0.15, 0.2) is 0 Å². The van der Waals surface area contributed by atoms with Gasteiger partial charge in [-0.15, -0.1) is 6.58 Å². The number of hydrogen-bond donors (Lipinski definition) is 0. The van der Waals surface area contributed by atoms with Crippen LogP contribution in [0.3, 0.4) is 0 Å². The molecular formula is C14H18O. The predicted octanol–water partition coefficient (Wildman–Crippen LogP) is 3.73. The second-order valence-corrected chi connectivity index (χ2v) is 4.31. The van der Waals surface area contributed by atoms with E-state index < -0.39 is 0 Å². The third kappa shape index (κ3) is 2.29. The third-order valence-electron chi connectivity index (χ3n) is 3.13. The van der Waals surface area contributed by atoms with Gasteiger partial charge in [0.05, 0.1) is 12.2 Å². The summed E-state index contributed by atoms with van der Waals surface area (Å²) >= 11 is 0. The van der Waals surface area contributed by atoms with Crippen molar-refractivity contribution in [2.24, 2.45) is 5.92 Å². The zero-order valence-electron chi connectivity index (χ0n) is 9.23. The van der Waals surface area contributed by atoms with Crippen LogP contribution in [0.4, 0.5) is 0 Å². The van der Waals surface area contributed by atoms with E-state index in [1.54, 1.807) is 0 Å². The summed E-state index contributed by atoms with van der Waals surface area (Å²) < 4.78 is 6.03. The van der Waals surface area contributed by atoms with Crippen molar-refractivity contribution in [1.29, 1.82) is 0 Å². The molecular weight excluding hydrogens is 184 g/mol. The van der Waals surface area contributed by atoms with Gasteiger partial charge in [0.25, 0.3) is 0 Å². The molecule has 1 aliphatic heterocycles. The van der Waals surface area contributed by atoms with Crippen molar-refractivity contribution in [3.8, 4) is 0 Å². The number of rotatable bonds is 3. The van der Waals surface area contributed by atoms with E-state index in [1.165, 1.54) is 5.56 Å². The van der Waals surface area contributed by atoms with Crippen molar-refractivity contribution >= 4 is 0 Å². The normalized spacial score (nSPS) is 30.3. The molecule has 1 aliphatic rings. The summed E-state index contributed by atoms with van der Waals surface area (Å²) in [5, 5.41) is 0. The van der Waals surface area contributed by atoms with Crippen molar-refractivity contribution in [2.75, 3.05) is 0 Å². The number of ether oxygens (including phenoxy) is 1. The van der Waals surface area contributed by atoms with Crippen molar-refractivity contribution in [3.05, 3.63) is 48.6 Å². The lowest BCUT2D eigenvalue weighted by Crippen LogP contribution is -2.11. The van der Waals surface area contributed by atoms with Crippen molar-refractivity contribution in [3.63, 3.8) is 0 Å². The summed E-state index contributed by atoms with van der Waals surface area (Å²) in [4.78, 5) is 0. The Kier molecular flexibility index (Phi) is 3.22. The average Bonchev–Trinajstić information content (AvgIpc) is 2.63. The molecule has 3 atom stereocenters. The van der Waals surface area contributed by atoms with Crippen molar-refractivity contribution in [2.45, 2.75) is 32.0 Å². The Morgan fingerprint density at radius 1 is 1.40 bits per heavy atom. The monoisotopic (exact) mass is 202 g/mol. The van der Waals surface area contributed by atoms with Gasteiger partial charge in [0.2, 0.25) is 0 Å². The van der Waals surface area contributed by atoms with Crippen LogP contribution in [-0.2, 0) is 4.74 Å². The highest BCUT2D eigenvalue weighted by atomic mass is 16.5. The fourth-order valence-electron chi connectivity index (χ4n) is 2.22. The first kappa shape index (κ1) is 10.4. The molecule has 1 aromatic carbocycles. The van der Waals surface area contributed by atoms with Crippen molar-refractivity contribution in [1.82, 2.24) is 0 Å². The lowest BCUT2D eigenvalue weighted by Gasteiger charge is -2.13. The first-order valence-corrected chi connectivity index (χ1v) is 5.62. The zero-order chi connectivity index (χ0) is 10.7. The minimum absolute atomic E-state index is 0.283. The molecule has 1 saturated heterocycles. The van der Waals surface area contributed by atoms with Gasteiger partial charge in [0.1, 0.15) is 0 Å². The van der Waals surface area contributed by atoms with E-state index in [2.05, 4.69) is 37.8 Å². The Labute approximate surface area is 91.8 Å². The summed E-state index contributed by atoms with van der Waals surface area (Å²) in [7, 11) is 0. The molecule has 1 aromatic rings. The predicted molar refractivity (Wildman–Crippen MR) is 62.7 cm³/mol. The Morgan fingerprint density at radius 3 is 2.80 bits per heavy atom. The standard InChI is InChI=1S/C14H18O/c1-3-7-13-11(2)10-14(15-13)12-8-5-4-6-9-12/h3-6,8-9,11,13-14H,1,7,10H2,2H3/t11-,13+,14+/m1/s1. The molecule has 0 aromatic heterocycles. The van der Waals surface area contributed by atoms with Crippen LogP contribution in [0, 0.1) is 5.92 Å². The fourth-order valence-corrected chi connectivity index (χ4v) is 2.22. The van der Waals surface area contributed by atoms with Crippen LogP contribution >= 0.6 is 0 Å². The van der Waals surface area contributed by atoms with Gasteiger partial charge in [-0.1, -0.05) is 43.3 Å². The number of hydrogen-bond acceptors (Lipinski definition) is 1. The molecule has 1 nitrogen and oxygen atoms in total. The molecule has 0 spiro atoms. The van der Waals surface area contributed by atoms with Crippen LogP contribution in [-0.4, -0.2) is 6.10 Å². The number of benzene rings is 1. The van der Waals surface area contributed by atoms with Crippen LogP contribution in [0.2, 0.25) is 0 Å². The Morgan fingerprint density at radius 2 is 2.13 bits per heavy atom. The quantitative estimate of drug-likeness (QED) is 0.679. The minimum Gasteiger partial charge on any atom is -0.370 e. The maximum Gasteiger partial charge on any atom is 0.0832 e. The molecule has 1 heterocycles. The summed E-state index contributed by atoms with van der Waals surface area (Å²) in [6, 6.07) is 10.5. The molecule has 0 radical (unpaired) electrons. The maximum atomic E-state index is 6.03. The van der Waals surface area contributed by atoms with Crippen LogP contribution < -0.4 is 0 Å². The van der Waals surface area contributed by atoms with Gasteiger partial charge in [-0.05, 0) is 24.3 Å². The molecule has 0 N–H and O–H groups in total. The Bertz CT molecular complexity index is 317. The largest absolute Gasteiger partial charge is 0.370 e. The molecule has 0 bridgehead atoms. The van der Waals surface area contributed by atoms with Gasteiger partial charge in [-0.2, -0.15) is 0 Å². The second kappa shape index (κ2) is 4.63. The summed E-state index contributed by atoms with van der Waals surface area (Å²) in [5.41, 5.74) is 1.30. The van der Waals surface area contributed by atoms with E-state index in [0.717, 1.165) is 12.8 Å². The van der Waals surface area contributed by atoms with E-state index in [0.29, 0.717) is 12.0 Å². The molecule has 2 rings (SSSR count). The second-order valence-electron chi connectivity index (χ2n) is 4.31. The molecule has 15 heavy (non-hydrogen) atoms. The molecule has 0 aliphatic carbocycles. The molecule has 0 amide bonds. The first-order valence-electron chi connectivity index (χ1n) is 5.62. The molecule has 80 valence electrons. The highest BCUT2D eigenvalue weighted by Gasteiger charge is 2.31. The summed E-state index contributed by atoms with van der Waals surface area (Å²) in [6.45, 7) is 6.04. The van der Waals surface area contributed by atoms with Gasteiger partial charge in [0, 0.05) is 0 Å². The maximum absolute atomic E-state index is 6.03. The van der Waals surface area contributed by atoms with Crippen LogP contribution in [0.1, 0.15) is 31.4 Å². The van der Waals surface area contributed by atoms with Crippen LogP contribution in [0.25, 0.3) is 0 Å². The Balaban J connectivity index is 2.06. The molecule has 1 fully saturated rings. The van der Waals surface area contributed by atoms with Crippen LogP contribution in [0.15, 0.2) is 43.0 Å². The average molecular weight is 202 g/mol. The smallest absolute Gasteiger partial charge is 0.0832 e. The Hall–Kier alpha value is -1.08. The highest BCUT2D eigenvalue weighted by Crippen LogP contribution is 2.37. The fraction of sp³-hybridized carbons (Fsp3) is 0.429. The van der Waals surface area contributed by atoms with E-state index in [4.69, 9.17) is 4.74 Å². The first-order chi connectivity index (χ1) is 7.31. The van der Waals surface area contributed by atoms with Crippen LogP contribution in [0.5, 0.6) is 0 Å². The third-order valence-corrected chi connectivity index (χ3v) is 3.13. The van der Waals surface area contributed by atoms with E-state index in [9.17, 15) is 0 Å². The van der Waals surface area contributed by atoms with Gasteiger partial charge >= 0.3 is 0 Å². The topological polar surface area (TPSA) is 9.23 Å². The minimum atomic E-state index is 0.283. The van der Waals surface area contributed by atoms with E-state index >= 15 is 0 Å². The SMILES string of the molecule is C=CC[C@@H]1O[C@H](c2ccccc2)C[C@H]1C. The van der Waals surface area contributed by atoms with Gasteiger partial charge in [-0.25, -0.2) is 0 Å². The van der Waals surface area contributed by atoms with Gasteiger partial charge < -0.3 is 4.74 Å². The van der Waals surface area contributed by atoms with Crippen molar-refractivity contribution < 1.29 is 4.74 Å². The molecule has 1 heteroatoms. The highest BCUT2D eigenvalue weighted by molar-refractivity contribution is 5.18. The summed E-state index contributed by atoms with van der Waals surface area (Å²) in [5.74, 6) is 0.633. The molecule has 0 saturated carbocycles. The summed E-state index contributed by atoms with van der Waals surface area (Å²) in [6.07, 6.45) is 4.68.